The van der Waals surface area contributed by atoms with Crippen LogP contribution in [-0.2, 0) is 17.5 Å². The predicted octanol–water partition coefficient (Wildman–Crippen LogP) is 3.71. The van der Waals surface area contributed by atoms with Crippen LogP contribution >= 0.6 is 0 Å². The molecule has 0 radical (unpaired) electrons. The van der Waals surface area contributed by atoms with Crippen molar-refractivity contribution < 1.29 is 17.9 Å². The van der Waals surface area contributed by atoms with Crippen molar-refractivity contribution >= 4 is 16.6 Å². The van der Waals surface area contributed by atoms with Gasteiger partial charge >= 0.3 is 6.18 Å². The third-order valence-electron chi connectivity index (χ3n) is 7.15. The van der Waals surface area contributed by atoms with E-state index in [1.807, 2.05) is 36.9 Å². The fourth-order valence-electron chi connectivity index (χ4n) is 5.27. The molecular weight excluding hydrogens is 511 g/mol. The minimum Gasteiger partial charge on any atom is -0.383 e. The normalized spacial score (nSPS) is 15.7. The number of pyridine rings is 1. The van der Waals surface area contributed by atoms with Crippen LogP contribution in [0.1, 0.15) is 34.1 Å². The van der Waals surface area contributed by atoms with E-state index in [0.717, 1.165) is 28.1 Å². The third-order valence-corrected chi connectivity index (χ3v) is 7.15. The number of piperazine rings is 1. The second kappa shape index (κ2) is 10.8. The van der Waals surface area contributed by atoms with E-state index in [1.54, 1.807) is 17.9 Å². The summed E-state index contributed by atoms with van der Waals surface area (Å²) in [4.78, 5) is 20.6. The number of rotatable bonds is 7. The average molecular weight is 542 g/mol. The quantitative estimate of drug-likeness (QED) is 0.381. The van der Waals surface area contributed by atoms with E-state index in [1.165, 1.54) is 12.1 Å². The Kier molecular flexibility index (Phi) is 7.41. The molecule has 0 bridgehead atoms. The molecule has 2 aromatic carbocycles. The number of aromatic amines is 1. The molecule has 4 aromatic rings. The standard InChI is InChI=1S/C27H30F3N7O2/c1-17-13-18(2)23-19(14-17)15-22(26(38)31-23)24(25-32-33-34-37(25)11-12-39-3)36-9-7-35(8-10-36)21-6-4-5-20(16-21)27(28,29)30/h4-6,13-16,24H,7-12H2,1-3H3,(H,31,38)/t24-/m1/s1. The number of hydrogen-bond donors (Lipinski definition) is 1. The molecule has 1 atom stereocenters. The molecule has 9 nitrogen and oxygen atoms in total. The van der Waals surface area contributed by atoms with Gasteiger partial charge in [-0.1, -0.05) is 17.7 Å². The Bertz CT molecular complexity index is 1520. The average Bonchev–Trinajstić information content (AvgIpc) is 3.36. The van der Waals surface area contributed by atoms with Crippen molar-refractivity contribution in [2.75, 3.05) is 44.8 Å². The Morgan fingerprint density at radius 3 is 2.56 bits per heavy atom. The highest BCUT2D eigenvalue weighted by atomic mass is 19.4. The van der Waals surface area contributed by atoms with Gasteiger partial charge in [0.25, 0.3) is 5.56 Å². The molecule has 0 aliphatic carbocycles. The zero-order valence-corrected chi connectivity index (χ0v) is 22.0. The number of anilines is 1. The first-order chi connectivity index (χ1) is 18.7. The molecule has 12 heteroatoms. The van der Waals surface area contributed by atoms with Gasteiger partial charge in [0.15, 0.2) is 5.82 Å². The molecule has 5 rings (SSSR count). The van der Waals surface area contributed by atoms with E-state index < -0.39 is 17.8 Å². The van der Waals surface area contributed by atoms with Crippen molar-refractivity contribution in [1.29, 1.82) is 0 Å². The maximum absolute atomic E-state index is 13.5. The molecule has 0 saturated carbocycles. The highest BCUT2D eigenvalue weighted by Gasteiger charge is 2.34. The van der Waals surface area contributed by atoms with Crippen molar-refractivity contribution in [3.63, 3.8) is 0 Å². The van der Waals surface area contributed by atoms with Gasteiger partial charge in [0.05, 0.1) is 24.2 Å². The number of benzene rings is 2. The summed E-state index contributed by atoms with van der Waals surface area (Å²) in [6, 6.07) is 10.7. The number of aromatic nitrogens is 5. The summed E-state index contributed by atoms with van der Waals surface area (Å²) in [5, 5.41) is 13.2. The zero-order valence-electron chi connectivity index (χ0n) is 22.0. The second-order valence-electron chi connectivity index (χ2n) is 9.83. The third kappa shape index (κ3) is 5.52. The van der Waals surface area contributed by atoms with Crippen LogP contribution in [0.4, 0.5) is 18.9 Å². The topological polar surface area (TPSA) is 92.2 Å². The molecule has 2 aromatic heterocycles. The molecular formula is C27H30F3N7O2. The van der Waals surface area contributed by atoms with E-state index in [2.05, 4.69) is 25.4 Å². The highest BCUT2D eigenvalue weighted by molar-refractivity contribution is 5.83. The fourth-order valence-corrected chi connectivity index (χ4v) is 5.27. The lowest BCUT2D eigenvalue weighted by atomic mass is 10.00. The molecule has 206 valence electrons. The Morgan fingerprint density at radius 1 is 1.08 bits per heavy atom. The fraction of sp³-hybridized carbons (Fsp3) is 0.407. The largest absolute Gasteiger partial charge is 0.416 e. The van der Waals surface area contributed by atoms with Crippen LogP contribution in [0.15, 0.2) is 47.3 Å². The summed E-state index contributed by atoms with van der Waals surface area (Å²) in [6.45, 7) is 6.69. The number of nitrogens with one attached hydrogen (secondary N) is 1. The number of ether oxygens (including phenoxy) is 1. The molecule has 0 amide bonds. The summed E-state index contributed by atoms with van der Waals surface area (Å²) >= 11 is 0. The lowest BCUT2D eigenvalue weighted by Crippen LogP contribution is -2.49. The Morgan fingerprint density at radius 2 is 1.85 bits per heavy atom. The Hall–Kier alpha value is -3.77. The lowest BCUT2D eigenvalue weighted by molar-refractivity contribution is -0.137. The summed E-state index contributed by atoms with van der Waals surface area (Å²) < 4.78 is 46.7. The molecule has 39 heavy (non-hydrogen) atoms. The van der Waals surface area contributed by atoms with Crippen LogP contribution in [0.3, 0.4) is 0 Å². The predicted molar refractivity (Wildman–Crippen MR) is 141 cm³/mol. The van der Waals surface area contributed by atoms with Crippen molar-refractivity contribution in [2.45, 2.75) is 32.6 Å². The minimum atomic E-state index is -4.41. The van der Waals surface area contributed by atoms with Gasteiger partial charge in [-0.3, -0.25) is 9.69 Å². The number of fused-ring (bicyclic) bond motifs is 1. The number of alkyl halides is 3. The zero-order chi connectivity index (χ0) is 27.7. The second-order valence-corrected chi connectivity index (χ2v) is 9.83. The highest BCUT2D eigenvalue weighted by Crippen LogP contribution is 2.33. The van der Waals surface area contributed by atoms with Crippen LogP contribution in [0.25, 0.3) is 10.9 Å². The van der Waals surface area contributed by atoms with Gasteiger partial charge in [0.2, 0.25) is 0 Å². The number of hydrogen-bond acceptors (Lipinski definition) is 7. The number of halogens is 3. The number of nitrogens with zero attached hydrogens (tertiary/aromatic N) is 6. The number of methoxy groups -OCH3 is 1. The Labute approximate surface area is 223 Å². The number of tetrazole rings is 1. The maximum atomic E-state index is 13.5. The van der Waals surface area contributed by atoms with Crippen LogP contribution in [0.2, 0.25) is 0 Å². The SMILES string of the molecule is COCCn1nnnc1[C@@H](c1cc2cc(C)cc(C)c2[nH]c1=O)N1CCN(c2cccc(C(F)(F)F)c2)CC1. The summed E-state index contributed by atoms with van der Waals surface area (Å²) in [5.41, 5.74) is 2.95. The first-order valence-corrected chi connectivity index (χ1v) is 12.7. The summed E-state index contributed by atoms with van der Waals surface area (Å²) in [5.74, 6) is 0.508. The molecule has 1 aliphatic heterocycles. The molecule has 0 unspecified atom stereocenters. The first kappa shape index (κ1) is 26.8. The van der Waals surface area contributed by atoms with Crippen molar-refractivity contribution in [2.24, 2.45) is 0 Å². The van der Waals surface area contributed by atoms with Crippen LogP contribution in [-0.4, -0.2) is 70.0 Å². The van der Waals surface area contributed by atoms with E-state index in [-0.39, 0.29) is 5.56 Å². The molecule has 3 heterocycles. The van der Waals surface area contributed by atoms with Crippen molar-refractivity contribution in [3.05, 3.63) is 80.9 Å². The van der Waals surface area contributed by atoms with Crippen molar-refractivity contribution in [1.82, 2.24) is 30.1 Å². The summed E-state index contributed by atoms with van der Waals surface area (Å²) in [7, 11) is 1.59. The van der Waals surface area contributed by atoms with Gasteiger partial charge in [0, 0.05) is 44.5 Å². The van der Waals surface area contributed by atoms with Crippen LogP contribution in [0, 0.1) is 13.8 Å². The van der Waals surface area contributed by atoms with Gasteiger partial charge in [-0.05, 0) is 65.6 Å². The maximum Gasteiger partial charge on any atom is 0.416 e. The first-order valence-electron chi connectivity index (χ1n) is 12.7. The van der Waals surface area contributed by atoms with Gasteiger partial charge in [-0.2, -0.15) is 13.2 Å². The molecule has 1 aliphatic rings. The van der Waals surface area contributed by atoms with Gasteiger partial charge in [0.1, 0.15) is 6.04 Å². The Balaban J connectivity index is 1.51. The van der Waals surface area contributed by atoms with E-state index in [9.17, 15) is 18.0 Å². The van der Waals surface area contributed by atoms with Crippen molar-refractivity contribution in [3.8, 4) is 0 Å². The van der Waals surface area contributed by atoms with Gasteiger partial charge in [-0.15, -0.1) is 5.10 Å². The van der Waals surface area contributed by atoms with Gasteiger partial charge in [-0.25, -0.2) is 4.68 Å². The number of aryl methyl sites for hydroxylation is 2. The smallest absolute Gasteiger partial charge is 0.383 e. The number of H-pyrrole nitrogens is 1. The molecule has 0 spiro atoms. The monoisotopic (exact) mass is 541 g/mol. The lowest BCUT2D eigenvalue weighted by Gasteiger charge is -2.39. The molecule has 1 saturated heterocycles. The van der Waals surface area contributed by atoms with Crippen LogP contribution in [0.5, 0.6) is 0 Å². The summed E-state index contributed by atoms with van der Waals surface area (Å²) in [6.07, 6.45) is -4.41. The molecule has 1 fully saturated rings. The van der Waals surface area contributed by atoms with E-state index in [4.69, 9.17) is 4.74 Å². The van der Waals surface area contributed by atoms with E-state index in [0.29, 0.717) is 56.4 Å². The minimum absolute atomic E-state index is 0.235. The van der Waals surface area contributed by atoms with Crippen LogP contribution < -0.4 is 10.5 Å². The molecule has 1 N–H and O–H groups in total. The van der Waals surface area contributed by atoms with Gasteiger partial charge < -0.3 is 14.6 Å². The van der Waals surface area contributed by atoms with E-state index >= 15 is 0 Å².